The molecule has 0 aliphatic carbocycles. The number of nitrogens with zero attached hydrogens (tertiary/aromatic N) is 1. The molecule has 0 aliphatic heterocycles. The molecule has 184 valence electrons. The van der Waals surface area contributed by atoms with Crippen LogP contribution < -0.4 is 5.32 Å². The van der Waals surface area contributed by atoms with Crippen LogP contribution in [0, 0.1) is 12.8 Å². The summed E-state index contributed by atoms with van der Waals surface area (Å²) in [5.41, 5.74) is 3.55. The van der Waals surface area contributed by atoms with Crippen LogP contribution in [0.2, 0.25) is 10.0 Å². The van der Waals surface area contributed by atoms with Gasteiger partial charge in [0.05, 0.1) is 6.42 Å². The number of amides is 2. The maximum atomic E-state index is 13.8. The Labute approximate surface area is 218 Å². The molecule has 0 aromatic heterocycles. The first-order valence-corrected chi connectivity index (χ1v) is 12.6. The number of benzene rings is 3. The van der Waals surface area contributed by atoms with Gasteiger partial charge in [-0.3, -0.25) is 9.59 Å². The lowest BCUT2D eigenvalue weighted by Gasteiger charge is -2.32. The molecule has 0 spiro atoms. The standard InChI is InChI=1S/C29H32Cl2N2O2/c1-20(2)18-32-29(35)27(16-22-11-5-4-6-12-22)33(19-24-25(30)14-9-15-26(24)31)28(34)17-23-13-8-7-10-21(23)3/h4-15,20,27H,16-19H2,1-3H3,(H,32,35)/t27-/m1/s1. The molecular formula is C29H32Cl2N2O2. The molecule has 0 radical (unpaired) electrons. The number of carbonyl (C=O) groups excluding carboxylic acids is 2. The van der Waals surface area contributed by atoms with Crippen molar-refractivity contribution in [3.05, 3.63) is 105 Å². The molecular weight excluding hydrogens is 479 g/mol. The van der Waals surface area contributed by atoms with Crippen molar-refractivity contribution in [2.75, 3.05) is 6.54 Å². The zero-order valence-electron chi connectivity index (χ0n) is 20.4. The lowest BCUT2D eigenvalue weighted by Crippen LogP contribution is -2.51. The van der Waals surface area contributed by atoms with Gasteiger partial charge in [0.1, 0.15) is 6.04 Å². The van der Waals surface area contributed by atoms with Crippen molar-refractivity contribution in [2.45, 2.75) is 46.2 Å². The molecule has 6 heteroatoms. The van der Waals surface area contributed by atoms with Crippen LogP contribution >= 0.6 is 23.2 Å². The lowest BCUT2D eigenvalue weighted by molar-refractivity contribution is -0.140. The van der Waals surface area contributed by atoms with E-state index in [9.17, 15) is 9.59 Å². The third kappa shape index (κ3) is 7.58. The minimum Gasteiger partial charge on any atom is -0.354 e. The molecule has 0 aliphatic rings. The second-order valence-electron chi connectivity index (χ2n) is 9.17. The summed E-state index contributed by atoms with van der Waals surface area (Å²) < 4.78 is 0. The first-order chi connectivity index (χ1) is 16.8. The first kappa shape index (κ1) is 26.8. The van der Waals surface area contributed by atoms with Crippen molar-refractivity contribution in [3.8, 4) is 0 Å². The third-order valence-corrected chi connectivity index (χ3v) is 6.66. The van der Waals surface area contributed by atoms with Gasteiger partial charge in [-0.15, -0.1) is 0 Å². The van der Waals surface area contributed by atoms with Crippen LogP contribution in [-0.2, 0) is 29.0 Å². The van der Waals surface area contributed by atoms with Crippen molar-refractivity contribution in [1.82, 2.24) is 10.2 Å². The molecule has 3 aromatic rings. The summed E-state index contributed by atoms with van der Waals surface area (Å²) in [5, 5.41) is 3.96. The van der Waals surface area contributed by atoms with Crippen LogP contribution in [0.15, 0.2) is 72.8 Å². The summed E-state index contributed by atoms with van der Waals surface area (Å²) in [7, 11) is 0. The first-order valence-electron chi connectivity index (χ1n) is 11.8. The van der Waals surface area contributed by atoms with E-state index in [2.05, 4.69) is 5.32 Å². The molecule has 2 amide bonds. The van der Waals surface area contributed by atoms with Gasteiger partial charge >= 0.3 is 0 Å². The zero-order chi connectivity index (χ0) is 25.4. The normalized spacial score (nSPS) is 11.8. The van der Waals surface area contributed by atoms with E-state index in [-0.39, 0.29) is 30.7 Å². The number of hydrogen-bond acceptors (Lipinski definition) is 2. The van der Waals surface area contributed by atoms with Crippen LogP contribution in [0.4, 0.5) is 0 Å². The minimum atomic E-state index is -0.722. The molecule has 0 fully saturated rings. The molecule has 0 saturated heterocycles. The van der Waals surface area contributed by atoms with Gasteiger partial charge in [0.15, 0.2) is 0 Å². The summed E-state index contributed by atoms with van der Waals surface area (Å²) in [6, 6.07) is 22.1. The number of aryl methyl sites for hydroxylation is 1. The van der Waals surface area contributed by atoms with Gasteiger partial charge in [0.25, 0.3) is 0 Å². The summed E-state index contributed by atoms with van der Waals surface area (Å²) in [5.74, 6) is -0.0646. The molecule has 35 heavy (non-hydrogen) atoms. The van der Waals surface area contributed by atoms with Crippen LogP contribution in [0.1, 0.15) is 36.1 Å². The topological polar surface area (TPSA) is 49.4 Å². The van der Waals surface area contributed by atoms with Crippen LogP contribution in [0.5, 0.6) is 0 Å². The van der Waals surface area contributed by atoms with Gasteiger partial charge < -0.3 is 10.2 Å². The van der Waals surface area contributed by atoms with Crippen molar-refractivity contribution >= 4 is 35.0 Å². The Kier molecular flexibility index (Phi) is 9.76. The maximum Gasteiger partial charge on any atom is 0.243 e. The fourth-order valence-electron chi connectivity index (χ4n) is 3.90. The van der Waals surface area contributed by atoms with E-state index in [0.717, 1.165) is 16.7 Å². The highest BCUT2D eigenvalue weighted by Gasteiger charge is 2.31. The number of hydrogen-bond donors (Lipinski definition) is 1. The predicted octanol–water partition coefficient (Wildman–Crippen LogP) is 6.26. The van der Waals surface area contributed by atoms with E-state index in [1.807, 2.05) is 75.4 Å². The molecule has 4 nitrogen and oxygen atoms in total. The monoisotopic (exact) mass is 510 g/mol. The average Bonchev–Trinajstić information content (AvgIpc) is 2.83. The van der Waals surface area contributed by atoms with Gasteiger partial charge in [0, 0.05) is 35.1 Å². The van der Waals surface area contributed by atoms with Crippen molar-refractivity contribution < 1.29 is 9.59 Å². The van der Waals surface area contributed by atoms with E-state index in [1.54, 1.807) is 23.1 Å². The number of rotatable bonds is 10. The van der Waals surface area contributed by atoms with Gasteiger partial charge in [-0.25, -0.2) is 0 Å². The smallest absolute Gasteiger partial charge is 0.243 e. The molecule has 0 heterocycles. The van der Waals surface area contributed by atoms with Crippen LogP contribution in [0.3, 0.4) is 0 Å². The maximum absolute atomic E-state index is 13.8. The van der Waals surface area contributed by atoms with E-state index in [0.29, 0.717) is 28.6 Å². The predicted molar refractivity (Wildman–Crippen MR) is 144 cm³/mol. The summed E-state index contributed by atoms with van der Waals surface area (Å²) in [6.45, 7) is 6.72. The average molecular weight is 511 g/mol. The lowest BCUT2D eigenvalue weighted by atomic mass is 10.00. The highest BCUT2D eigenvalue weighted by atomic mass is 35.5. The molecule has 0 bridgehead atoms. The van der Waals surface area contributed by atoms with E-state index < -0.39 is 6.04 Å². The molecule has 0 unspecified atom stereocenters. The van der Waals surface area contributed by atoms with E-state index in [1.165, 1.54) is 0 Å². The van der Waals surface area contributed by atoms with E-state index in [4.69, 9.17) is 23.2 Å². The van der Waals surface area contributed by atoms with E-state index >= 15 is 0 Å². The molecule has 3 aromatic carbocycles. The Morgan fingerprint density at radius 1 is 0.886 bits per heavy atom. The Bertz CT molecular complexity index is 1130. The Morgan fingerprint density at radius 3 is 2.14 bits per heavy atom. The second-order valence-corrected chi connectivity index (χ2v) is 9.98. The van der Waals surface area contributed by atoms with Crippen LogP contribution in [0.25, 0.3) is 0 Å². The highest BCUT2D eigenvalue weighted by Crippen LogP contribution is 2.27. The third-order valence-electron chi connectivity index (χ3n) is 5.95. The SMILES string of the molecule is Cc1ccccc1CC(=O)N(Cc1c(Cl)cccc1Cl)[C@H](Cc1ccccc1)C(=O)NCC(C)C. The minimum absolute atomic E-state index is 0.135. The van der Waals surface area contributed by atoms with Crippen molar-refractivity contribution in [3.63, 3.8) is 0 Å². The number of halogens is 2. The Hall–Kier alpha value is -2.82. The van der Waals surface area contributed by atoms with Crippen LogP contribution in [-0.4, -0.2) is 29.3 Å². The Balaban J connectivity index is 2.02. The molecule has 1 N–H and O–H groups in total. The molecule has 1 atom stereocenters. The second kappa shape index (κ2) is 12.8. The number of carbonyl (C=O) groups is 2. The fourth-order valence-corrected chi connectivity index (χ4v) is 4.42. The van der Waals surface area contributed by atoms with Crippen molar-refractivity contribution in [1.29, 1.82) is 0 Å². The largest absolute Gasteiger partial charge is 0.354 e. The van der Waals surface area contributed by atoms with Crippen molar-refractivity contribution in [2.24, 2.45) is 5.92 Å². The zero-order valence-corrected chi connectivity index (χ0v) is 21.9. The summed E-state index contributed by atoms with van der Waals surface area (Å²) >= 11 is 13.0. The summed E-state index contributed by atoms with van der Waals surface area (Å²) in [4.78, 5) is 29.0. The Morgan fingerprint density at radius 2 is 1.51 bits per heavy atom. The molecule has 0 saturated carbocycles. The van der Waals surface area contributed by atoms with Gasteiger partial charge in [-0.05, 0) is 41.7 Å². The quantitative estimate of drug-likeness (QED) is 0.350. The fraction of sp³-hybridized carbons (Fsp3) is 0.310. The number of nitrogens with one attached hydrogen (secondary N) is 1. The van der Waals surface area contributed by atoms with Gasteiger partial charge in [-0.1, -0.05) is 97.7 Å². The highest BCUT2D eigenvalue weighted by molar-refractivity contribution is 6.36. The summed E-state index contributed by atoms with van der Waals surface area (Å²) in [6.07, 6.45) is 0.559. The van der Waals surface area contributed by atoms with Gasteiger partial charge in [0.2, 0.25) is 11.8 Å². The molecule has 3 rings (SSSR count). The van der Waals surface area contributed by atoms with Gasteiger partial charge in [-0.2, -0.15) is 0 Å².